The molecule has 16 heavy (non-hydrogen) atoms. The Bertz CT molecular complexity index is 407. The van der Waals surface area contributed by atoms with Crippen molar-refractivity contribution in [3.63, 3.8) is 0 Å². The summed E-state index contributed by atoms with van der Waals surface area (Å²) in [5.41, 5.74) is 3.07. The molecule has 1 amide bonds. The van der Waals surface area contributed by atoms with Crippen LogP contribution in [-0.4, -0.2) is 26.5 Å². The van der Waals surface area contributed by atoms with Gasteiger partial charge in [-0.3, -0.25) is 0 Å². The summed E-state index contributed by atoms with van der Waals surface area (Å²) in [6.07, 6.45) is 0.929. The standard InChI is InChI=1S/C10H11IN2O3/c1-15-9-4-3-7(5-8(9)11)6-12-13-10(14)16-2/h3-6H,1-2H3,(H,13,14). The van der Waals surface area contributed by atoms with E-state index in [1.807, 2.05) is 18.2 Å². The molecule has 0 bridgehead atoms. The molecule has 0 unspecified atom stereocenters. The fourth-order valence-corrected chi connectivity index (χ4v) is 1.73. The fourth-order valence-electron chi connectivity index (χ4n) is 0.968. The molecule has 0 saturated carbocycles. The van der Waals surface area contributed by atoms with Crippen LogP contribution in [0.3, 0.4) is 0 Å². The van der Waals surface area contributed by atoms with E-state index in [0.29, 0.717) is 0 Å². The number of halogens is 1. The Morgan fingerprint density at radius 3 is 2.81 bits per heavy atom. The normalized spacial score (nSPS) is 10.2. The molecule has 0 aromatic heterocycles. The van der Waals surface area contributed by atoms with Crippen molar-refractivity contribution in [1.82, 2.24) is 5.43 Å². The van der Waals surface area contributed by atoms with Gasteiger partial charge >= 0.3 is 6.09 Å². The number of hydrogen-bond donors (Lipinski definition) is 1. The predicted octanol–water partition coefficient (Wildman–Crippen LogP) is 1.99. The van der Waals surface area contributed by atoms with Gasteiger partial charge in [-0.1, -0.05) is 0 Å². The summed E-state index contributed by atoms with van der Waals surface area (Å²) < 4.78 is 10.5. The molecule has 0 saturated heterocycles. The Balaban J connectivity index is 2.68. The third-order valence-electron chi connectivity index (χ3n) is 1.73. The predicted molar refractivity (Wildman–Crippen MR) is 68.8 cm³/mol. The van der Waals surface area contributed by atoms with E-state index in [2.05, 4.69) is 37.9 Å². The SMILES string of the molecule is COC(=O)NN=Cc1ccc(OC)c(I)c1. The molecule has 0 radical (unpaired) electrons. The molecule has 0 atom stereocenters. The van der Waals surface area contributed by atoms with Crippen LogP contribution in [-0.2, 0) is 4.74 Å². The number of amides is 1. The molecule has 5 nitrogen and oxygen atoms in total. The average Bonchev–Trinajstić information content (AvgIpc) is 2.29. The topological polar surface area (TPSA) is 59.9 Å². The van der Waals surface area contributed by atoms with E-state index in [1.54, 1.807) is 7.11 Å². The van der Waals surface area contributed by atoms with Crippen molar-refractivity contribution < 1.29 is 14.3 Å². The fraction of sp³-hybridized carbons (Fsp3) is 0.200. The Kier molecular flexibility index (Phi) is 5.03. The molecule has 0 aliphatic carbocycles. The zero-order chi connectivity index (χ0) is 12.0. The number of carbonyl (C=O) groups excluding carboxylic acids is 1. The summed E-state index contributed by atoms with van der Waals surface area (Å²) in [4.78, 5) is 10.7. The molecule has 0 aliphatic heterocycles. The molecule has 1 N–H and O–H groups in total. The maximum Gasteiger partial charge on any atom is 0.427 e. The number of hydrazone groups is 1. The van der Waals surface area contributed by atoms with Crippen LogP contribution >= 0.6 is 22.6 Å². The summed E-state index contributed by atoms with van der Waals surface area (Å²) in [6, 6.07) is 5.56. The van der Waals surface area contributed by atoms with Gasteiger partial charge in [0.15, 0.2) is 0 Å². The van der Waals surface area contributed by atoms with Gasteiger partial charge in [-0.25, -0.2) is 10.2 Å². The highest BCUT2D eigenvalue weighted by Crippen LogP contribution is 2.20. The first-order valence-corrected chi connectivity index (χ1v) is 5.46. The van der Waals surface area contributed by atoms with Crippen LogP contribution in [0.5, 0.6) is 5.75 Å². The summed E-state index contributed by atoms with van der Waals surface area (Å²) in [7, 11) is 2.89. The number of nitrogens with one attached hydrogen (secondary N) is 1. The minimum absolute atomic E-state index is 0.598. The lowest BCUT2D eigenvalue weighted by Gasteiger charge is -2.03. The van der Waals surface area contributed by atoms with E-state index < -0.39 is 6.09 Å². The molecule has 6 heteroatoms. The first-order chi connectivity index (χ1) is 7.67. The molecular weight excluding hydrogens is 323 g/mol. The quantitative estimate of drug-likeness (QED) is 0.522. The maximum absolute atomic E-state index is 10.7. The van der Waals surface area contributed by atoms with E-state index in [4.69, 9.17) is 4.74 Å². The van der Waals surface area contributed by atoms with Crippen LogP contribution in [0, 0.1) is 3.57 Å². The molecule has 0 heterocycles. The number of methoxy groups -OCH3 is 2. The highest BCUT2D eigenvalue weighted by Gasteiger charge is 1.99. The zero-order valence-corrected chi connectivity index (χ0v) is 11.0. The summed E-state index contributed by atoms with van der Waals surface area (Å²) in [5, 5.41) is 3.72. The molecule has 0 spiro atoms. The van der Waals surface area contributed by atoms with E-state index in [-0.39, 0.29) is 0 Å². The number of rotatable bonds is 3. The first-order valence-electron chi connectivity index (χ1n) is 4.38. The van der Waals surface area contributed by atoms with Gasteiger partial charge in [-0.15, -0.1) is 0 Å². The molecule has 0 fully saturated rings. The van der Waals surface area contributed by atoms with Crippen LogP contribution < -0.4 is 10.2 Å². The minimum Gasteiger partial charge on any atom is -0.496 e. The monoisotopic (exact) mass is 334 g/mol. The Hall–Kier alpha value is -1.31. The van der Waals surface area contributed by atoms with Crippen LogP contribution in [0.4, 0.5) is 4.79 Å². The first kappa shape index (κ1) is 12.8. The molecule has 1 rings (SSSR count). The lowest BCUT2D eigenvalue weighted by atomic mass is 10.2. The number of ether oxygens (including phenoxy) is 2. The van der Waals surface area contributed by atoms with Gasteiger partial charge in [0, 0.05) is 0 Å². The smallest absolute Gasteiger partial charge is 0.427 e. The van der Waals surface area contributed by atoms with E-state index in [1.165, 1.54) is 13.3 Å². The number of benzene rings is 1. The van der Waals surface area contributed by atoms with Crippen LogP contribution in [0.1, 0.15) is 5.56 Å². The number of carbonyl (C=O) groups is 1. The van der Waals surface area contributed by atoms with Crippen LogP contribution in [0.2, 0.25) is 0 Å². The summed E-state index contributed by atoms with van der Waals surface area (Å²) >= 11 is 2.16. The Morgan fingerprint density at radius 2 is 2.25 bits per heavy atom. The van der Waals surface area contributed by atoms with Crippen molar-refractivity contribution in [3.05, 3.63) is 27.3 Å². The van der Waals surface area contributed by atoms with Crippen molar-refractivity contribution in [2.75, 3.05) is 14.2 Å². The van der Waals surface area contributed by atoms with Gasteiger partial charge in [0.05, 0.1) is 24.0 Å². The van der Waals surface area contributed by atoms with Crippen LogP contribution in [0.25, 0.3) is 0 Å². The van der Waals surface area contributed by atoms with E-state index in [9.17, 15) is 4.79 Å². The Labute approximate surface area is 107 Å². The van der Waals surface area contributed by atoms with Crippen molar-refractivity contribution in [3.8, 4) is 5.75 Å². The zero-order valence-electron chi connectivity index (χ0n) is 8.86. The average molecular weight is 334 g/mol. The molecule has 1 aromatic rings. The Morgan fingerprint density at radius 1 is 1.50 bits per heavy atom. The second-order valence-corrected chi connectivity index (χ2v) is 3.92. The third kappa shape index (κ3) is 3.69. The summed E-state index contributed by atoms with van der Waals surface area (Å²) in [6.45, 7) is 0. The highest BCUT2D eigenvalue weighted by atomic mass is 127. The maximum atomic E-state index is 10.7. The lowest BCUT2D eigenvalue weighted by molar-refractivity contribution is 0.171. The van der Waals surface area contributed by atoms with Crippen molar-refractivity contribution in [2.24, 2.45) is 5.10 Å². The van der Waals surface area contributed by atoms with Gasteiger partial charge in [0.2, 0.25) is 0 Å². The van der Waals surface area contributed by atoms with Gasteiger partial charge in [-0.2, -0.15) is 5.10 Å². The largest absolute Gasteiger partial charge is 0.496 e. The lowest BCUT2D eigenvalue weighted by Crippen LogP contribution is -2.16. The third-order valence-corrected chi connectivity index (χ3v) is 2.57. The van der Waals surface area contributed by atoms with E-state index >= 15 is 0 Å². The van der Waals surface area contributed by atoms with Gasteiger partial charge in [0.1, 0.15) is 5.75 Å². The second kappa shape index (κ2) is 6.31. The van der Waals surface area contributed by atoms with Gasteiger partial charge in [0.25, 0.3) is 0 Å². The molecule has 86 valence electrons. The van der Waals surface area contributed by atoms with Crippen molar-refractivity contribution in [2.45, 2.75) is 0 Å². The van der Waals surface area contributed by atoms with Crippen molar-refractivity contribution >= 4 is 34.9 Å². The minimum atomic E-state index is -0.598. The summed E-state index contributed by atoms with van der Waals surface area (Å²) in [5.74, 6) is 0.804. The molecule has 1 aromatic carbocycles. The van der Waals surface area contributed by atoms with Crippen molar-refractivity contribution in [1.29, 1.82) is 0 Å². The number of hydrogen-bond acceptors (Lipinski definition) is 4. The van der Waals surface area contributed by atoms with E-state index in [0.717, 1.165) is 14.9 Å². The highest BCUT2D eigenvalue weighted by molar-refractivity contribution is 14.1. The van der Waals surface area contributed by atoms with Gasteiger partial charge < -0.3 is 9.47 Å². The van der Waals surface area contributed by atoms with Crippen LogP contribution in [0.15, 0.2) is 23.3 Å². The van der Waals surface area contributed by atoms with Gasteiger partial charge in [-0.05, 0) is 46.4 Å². The second-order valence-electron chi connectivity index (χ2n) is 2.76. The number of nitrogens with zero attached hydrogens (tertiary/aromatic N) is 1. The molecular formula is C10H11IN2O3. The molecule has 0 aliphatic rings.